The zero-order chi connectivity index (χ0) is 11.5. The van der Waals surface area contributed by atoms with Crippen molar-refractivity contribution in [2.45, 2.75) is 25.9 Å². The van der Waals surface area contributed by atoms with E-state index in [9.17, 15) is 0 Å². The Kier molecular flexibility index (Phi) is 3.29. The molecule has 1 atom stereocenters. The first-order chi connectivity index (χ1) is 8.43. The highest BCUT2D eigenvalue weighted by molar-refractivity contribution is 5.42. The summed E-state index contributed by atoms with van der Waals surface area (Å²) < 4.78 is 6.01. The lowest BCUT2D eigenvalue weighted by atomic mass is 10.0. The maximum Gasteiger partial charge on any atom is 0.124 e. The molecule has 2 aliphatic heterocycles. The smallest absolute Gasteiger partial charge is 0.124 e. The van der Waals surface area contributed by atoms with Gasteiger partial charge in [0, 0.05) is 31.1 Å². The van der Waals surface area contributed by atoms with Crippen LogP contribution in [0.4, 0.5) is 0 Å². The fourth-order valence-corrected chi connectivity index (χ4v) is 2.71. The van der Waals surface area contributed by atoms with Gasteiger partial charge in [0.1, 0.15) is 5.75 Å². The van der Waals surface area contributed by atoms with Gasteiger partial charge >= 0.3 is 0 Å². The molecule has 3 nitrogen and oxygen atoms in total. The minimum Gasteiger partial charge on any atom is -0.493 e. The quantitative estimate of drug-likeness (QED) is 0.831. The van der Waals surface area contributed by atoms with Crippen molar-refractivity contribution in [2.75, 3.05) is 19.7 Å². The van der Waals surface area contributed by atoms with Crippen molar-refractivity contribution in [3.63, 3.8) is 0 Å². The van der Waals surface area contributed by atoms with Gasteiger partial charge in [-0.2, -0.15) is 0 Å². The first-order valence-electron chi connectivity index (χ1n) is 6.58. The van der Waals surface area contributed by atoms with E-state index < -0.39 is 0 Å². The summed E-state index contributed by atoms with van der Waals surface area (Å²) in [6.07, 6.45) is 2.57. The first-order valence-corrected chi connectivity index (χ1v) is 6.58. The van der Waals surface area contributed by atoms with Gasteiger partial charge in [-0.1, -0.05) is 12.1 Å². The van der Waals surface area contributed by atoms with Crippen LogP contribution in [0.3, 0.4) is 0 Å². The van der Waals surface area contributed by atoms with Crippen molar-refractivity contribution in [3.8, 4) is 5.75 Å². The molecule has 1 aromatic rings. The highest BCUT2D eigenvalue weighted by Crippen LogP contribution is 2.26. The van der Waals surface area contributed by atoms with E-state index in [1.807, 2.05) is 0 Å². The Morgan fingerprint density at radius 1 is 1.24 bits per heavy atom. The van der Waals surface area contributed by atoms with E-state index in [1.54, 1.807) is 0 Å². The van der Waals surface area contributed by atoms with Gasteiger partial charge in [0.05, 0.1) is 6.61 Å². The molecular formula is C14H20N2O. The van der Waals surface area contributed by atoms with Crippen LogP contribution in [0.25, 0.3) is 0 Å². The predicted octanol–water partition coefficient (Wildman–Crippen LogP) is 1.67. The number of fused-ring (bicyclic) bond motifs is 1. The Morgan fingerprint density at radius 3 is 3.12 bits per heavy atom. The molecule has 0 spiro atoms. The molecule has 0 bridgehead atoms. The lowest BCUT2D eigenvalue weighted by Gasteiger charge is -2.23. The molecular weight excluding hydrogens is 212 g/mol. The van der Waals surface area contributed by atoms with Crippen molar-refractivity contribution in [3.05, 3.63) is 29.3 Å². The zero-order valence-electron chi connectivity index (χ0n) is 10.2. The minimum atomic E-state index is 0.675. The second-order valence-electron chi connectivity index (χ2n) is 5.02. The van der Waals surface area contributed by atoms with Crippen molar-refractivity contribution < 1.29 is 4.74 Å². The van der Waals surface area contributed by atoms with Gasteiger partial charge in [-0.3, -0.25) is 0 Å². The summed E-state index contributed by atoms with van der Waals surface area (Å²) >= 11 is 0. The largest absolute Gasteiger partial charge is 0.493 e. The number of piperidine rings is 1. The van der Waals surface area contributed by atoms with Crippen molar-refractivity contribution >= 4 is 0 Å². The lowest BCUT2D eigenvalue weighted by Crippen LogP contribution is -2.33. The molecule has 2 N–H and O–H groups in total. The van der Waals surface area contributed by atoms with E-state index in [2.05, 4.69) is 28.8 Å². The van der Waals surface area contributed by atoms with Crippen LogP contribution in [0.5, 0.6) is 5.75 Å². The van der Waals surface area contributed by atoms with Gasteiger partial charge in [-0.05, 0) is 31.0 Å². The molecule has 2 aliphatic rings. The Bertz CT molecular complexity index is 386. The molecule has 92 valence electrons. The molecule has 0 aromatic heterocycles. The normalized spacial score (nSPS) is 23.4. The maximum absolute atomic E-state index is 6.01. The van der Waals surface area contributed by atoms with E-state index in [0.29, 0.717) is 5.92 Å². The summed E-state index contributed by atoms with van der Waals surface area (Å²) in [6, 6.07) is 6.38. The Morgan fingerprint density at radius 2 is 2.24 bits per heavy atom. The fourth-order valence-electron chi connectivity index (χ4n) is 2.71. The van der Waals surface area contributed by atoms with Crippen LogP contribution in [0.1, 0.15) is 24.0 Å². The van der Waals surface area contributed by atoms with Gasteiger partial charge in [0.15, 0.2) is 0 Å². The molecule has 1 fully saturated rings. The Hall–Kier alpha value is -1.06. The highest BCUT2D eigenvalue weighted by Gasteiger charge is 2.17. The predicted molar refractivity (Wildman–Crippen MR) is 68.1 cm³/mol. The van der Waals surface area contributed by atoms with Gasteiger partial charge in [-0.25, -0.2) is 0 Å². The first kappa shape index (κ1) is 11.1. The number of benzene rings is 1. The third-order valence-corrected chi connectivity index (χ3v) is 3.72. The summed E-state index contributed by atoms with van der Waals surface area (Å²) in [5.41, 5.74) is 2.75. The van der Waals surface area contributed by atoms with E-state index in [1.165, 1.54) is 30.5 Å². The molecule has 17 heavy (non-hydrogen) atoms. The molecule has 0 saturated carbocycles. The van der Waals surface area contributed by atoms with Crippen molar-refractivity contribution in [2.24, 2.45) is 5.92 Å². The van der Waals surface area contributed by atoms with Gasteiger partial charge in [0.25, 0.3) is 0 Å². The molecule has 1 unspecified atom stereocenters. The summed E-state index contributed by atoms with van der Waals surface area (Å²) in [7, 11) is 0. The lowest BCUT2D eigenvalue weighted by molar-refractivity contribution is 0.217. The molecule has 1 saturated heterocycles. The fraction of sp³-hybridized carbons (Fsp3) is 0.571. The Balaban J connectivity index is 1.63. The second kappa shape index (κ2) is 5.07. The van der Waals surface area contributed by atoms with Gasteiger partial charge in [0.2, 0.25) is 0 Å². The maximum atomic E-state index is 6.01. The van der Waals surface area contributed by atoms with Crippen LogP contribution in [0, 0.1) is 5.92 Å². The third-order valence-electron chi connectivity index (χ3n) is 3.72. The van der Waals surface area contributed by atoms with Crippen LogP contribution in [0.15, 0.2) is 18.2 Å². The minimum absolute atomic E-state index is 0.675. The average Bonchev–Trinajstić information content (AvgIpc) is 2.86. The standard InChI is InChI=1S/C14H20N2O/c1-4-12-8-16-9-13(12)14(5-1)17-10-11-3-2-6-15-7-11/h1,4-5,11,15-16H,2-3,6-10H2. The van der Waals surface area contributed by atoms with Crippen molar-refractivity contribution in [1.29, 1.82) is 0 Å². The van der Waals surface area contributed by atoms with E-state index in [0.717, 1.165) is 32.0 Å². The average molecular weight is 232 g/mol. The third kappa shape index (κ3) is 2.45. The molecule has 2 heterocycles. The van der Waals surface area contributed by atoms with Crippen LogP contribution < -0.4 is 15.4 Å². The van der Waals surface area contributed by atoms with E-state index >= 15 is 0 Å². The number of hydrogen-bond acceptors (Lipinski definition) is 3. The zero-order valence-corrected chi connectivity index (χ0v) is 10.2. The number of rotatable bonds is 3. The molecule has 1 aromatic carbocycles. The summed E-state index contributed by atoms with van der Waals surface area (Å²) in [5, 5.41) is 6.80. The topological polar surface area (TPSA) is 33.3 Å². The molecule has 0 radical (unpaired) electrons. The molecule has 0 amide bonds. The van der Waals surface area contributed by atoms with Crippen molar-refractivity contribution in [1.82, 2.24) is 10.6 Å². The van der Waals surface area contributed by atoms with Gasteiger partial charge < -0.3 is 15.4 Å². The second-order valence-corrected chi connectivity index (χ2v) is 5.02. The summed E-state index contributed by atoms with van der Waals surface area (Å²) in [6.45, 7) is 5.06. The van der Waals surface area contributed by atoms with Crippen LogP contribution in [-0.4, -0.2) is 19.7 Å². The number of ether oxygens (including phenoxy) is 1. The molecule has 0 aliphatic carbocycles. The highest BCUT2D eigenvalue weighted by atomic mass is 16.5. The molecule has 3 rings (SSSR count). The molecule has 3 heteroatoms. The monoisotopic (exact) mass is 232 g/mol. The van der Waals surface area contributed by atoms with E-state index in [4.69, 9.17) is 4.74 Å². The van der Waals surface area contributed by atoms with Crippen LogP contribution >= 0.6 is 0 Å². The SMILES string of the molecule is c1cc2c(c(OCC3CCCNC3)c1)CNC2. The number of nitrogens with one attached hydrogen (secondary N) is 2. The van der Waals surface area contributed by atoms with Crippen LogP contribution in [0.2, 0.25) is 0 Å². The summed E-state index contributed by atoms with van der Waals surface area (Å²) in [5.74, 6) is 1.76. The van der Waals surface area contributed by atoms with E-state index in [-0.39, 0.29) is 0 Å². The Labute approximate surface area is 103 Å². The number of hydrogen-bond donors (Lipinski definition) is 2. The van der Waals surface area contributed by atoms with Crippen LogP contribution in [-0.2, 0) is 13.1 Å². The summed E-state index contributed by atoms with van der Waals surface area (Å²) in [4.78, 5) is 0. The van der Waals surface area contributed by atoms with Gasteiger partial charge in [-0.15, -0.1) is 0 Å².